The number of nitrogens with zero attached hydrogens (tertiary/aromatic N) is 1. The molecule has 1 aromatic carbocycles. The fourth-order valence-electron chi connectivity index (χ4n) is 2.58. The molecule has 0 aromatic heterocycles. The van der Waals surface area contributed by atoms with E-state index in [1.807, 2.05) is 4.90 Å². The van der Waals surface area contributed by atoms with Crippen LogP contribution in [0.1, 0.15) is 37.3 Å². The van der Waals surface area contributed by atoms with E-state index in [2.05, 4.69) is 38.1 Å². The summed E-state index contributed by atoms with van der Waals surface area (Å²) in [6, 6.07) is 8.48. The lowest BCUT2D eigenvalue weighted by Gasteiger charge is -2.31. The number of hydrogen-bond donors (Lipinski definition) is 0. The minimum Gasteiger partial charge on any atom is -0.342 e. The molecule has 0 radical (unpaired) electrons. The number of benzene rings is 1. The fourth-order valence-corrected chi connectivity index (χ4v) is 2.58. The van der Waals surface area contributed by atoms with Gasteiger partial charge in [-0.2, -0.15) is 0 Å². The highest BCUT2D eigenvalue weighted by molar-refractivity contribution is 5.76. The Morgan fingerprint density at radius 3 is 2.72 bits per heavy atom. The molecule has 1 atom stereocenters. The predicted octanol–water partition coefficient (Wildman–Crippen LogP) is 3.19. The molecule has 1 saturated heterocycles. The molecule has 2 nitrogen and oxygen atoms in total. The molecular weight excluding hydrogens is 222 g/mol. The second-order valence-corrected chi connectivity index (χ2v) is 5.57. The van der Waals surface area contributed by atoms with Crippen molar-refractivity contribution < 1.29 is 4.79 Å². The first-order chi connectivity index (χ1) is 8.65. The summed E-state index contributed by atoms with van der Waals surface area (Å²) in [5, 5.41) is 0. The van der Waals surface area contributed by atoms with Crippen molar-refractivity contribution in [1.29, 1.82) is 0 Å². The fraction of sp³-hybridized carbons (Fsp3) is 0.562. The van der Waals surface area contributed by atoms with Gasteiger partial charge >= 0.3 is 0 Å². The van der Waals surface area contributed by atoms with E-state index in [9.17, 15) is 4.79 Å². The predicted molar refractivity (Wildman–Crippen MR) is 74.5 cm³/mol. The molecule has 2 rings (SSSR count). The van der Waals surface area contributed by atoms with E-state index in [4.69, 9.17) is 0 Å². The highest BCUT2D eigenvalue weighted by atomic mass is 16.2. The number of rotatable bonds is 3. The van der Waals surface area contributed by atoms with Crippen molar-refractivity contribution in [2.24, 2.45) is 5.92 Å². The molecule has 1 aromatic rings. The molecule has 1 amide bonds. The Labute approximate surface area is 110 Å². The molecule has 0 bridgehead atoms. The van der Waals surface area contributed by atoms with E-state index in [-0.39, 0.29) is 0 Å². The third-order valence-corrected chi connectivity index (χ3v) is 3.76. The molecular formula is C16H23NO. The van der Waals surface area contributed by atoms with Crippen molar-refractivity contribution in [2.45, 2.75) is 39.5 Å². The molecule has 0 N–H and O–H groups in total. The van der Waals surface area contributed by atoms with Gasteiger partial charge in [0.2, 0.25) is 5.91 Å². The molecule has 1 heterocycles. The molecule has 18 heavy (non-hydrogen) atoms. The lowest BCUT2D eigenvalue weighted by molar-refractivity contribution is -0.132. The number of carbonyl (C=O) groups is 1. The Morgan fingerprint density at radius 2 is 2.06 bits per heavy atom. The van der Waals surface area contributed by atoms with Gasteiger partial charge in [-0.1, -0.05) is 36.8 Å². The van der Waals surface area contributed by atoms with Crippen LogP contribution in [0.15, 0.2) is 24.3 Å². The Bertz CT molecular complexity index is 396. The van der Waals surface area contributed by atoms with Gasteiger partial charge in [0.25, 0.3) is 0 Å². The van der Waals surface area contributed by atoms with Gasteiger partial charge in [0.1, 0.15) is 0 Å². The van der Waals surface area contributed by atoms with E-state index in [1.54, 1.807) is 0 Å². The van der Waals surface area contributed by atoms with Crippen LogP contribution in [0.3, 0.4) is 0 Å². The summed E-state index contributed by atoms with van der Waals surface area (Å²) in [5.74, 6) is 0.990. The van der Waals surface area contributed by atoms with Crippen molar-refractivity contribution in [3.05, 3.63) is 35.4 Å². The minimum absolute atomic E-state index is 0.321. The van der Waals surface area contributed by atoms with Gasteiger partial charge < -0.3 is 4.90 Å². The summed E-state index contributed by atoms with van der Waals surface area (Å²) >= 11 is 0. The second-order valence-electron chi connectivity index (χ2n) is 5.57. The van der Waals surface area contributed by atoms with Gasteiger partial charge in [-0.3, -0.25) is 4.79 Å². The molecule has 0 aliphatic carbocycles. The van der Waals surface area contributed by atoms with E-state index in [1.165, 1.54) is 17.5 Å². The molecule has 0 saturated carbocycles. The largest absolute Gasteiger partial charge is 0.342 e. The zero-order valence-electron chi connectivity index (χ0n) is 11.5. The van der Waals surface area contributed by atoms with Gasteiger partial charge in [0, 0.05) is 19.5 Å². The molecule has 0 spiro atoms. The zero-order chi connectivity index (χ0) is 13.0. The summed E-state index contributed by atoms with van der Waals surface area (Å²) < 4.78 is 0. The van der Waals surface area contributed by atoms with Crippen LogP contribution >= 0.6 is 0 Å². The summed E-state index contributed by atoms with van der Waals surface area (Å²) in [5.41, 5.74) is 2.54. The maximum absolute atomic E-state index is 12.1. The third kappa shape index (κ3) is 3.59. The number of hydrogen-bond acceptors (Lipinski definition) is 1. The van der Waals surface area contributed by atoms with E-state index in [0.717, 1.165) is 25.9 Å². The minimum atomic E-state index is 0.321. The first-order valence-corrected chi connectivity index (χ1v) is 6.98. The van der Waals surface area contributed by atoms with Crippen LogP contribution in [0.2, 0.25) is 0 Å². The molecule has 1 fully saturated rings. The average Bonchev–Trinajstić information content (AvgIpc) is 2.38. The molecule has 1 aliphatic heterocycles. The van der Waals surface area contributed by atoms with Gasteiger partial charge in [0.05, 0.1) is 0 Å². The smallest absolute Gasteiger partial charge is 0.222 e. The van der Waals surface area contributed by atoms with Gasteiger partial charge in [-0.25, -0.2) is 0 Å². The number of likely N-dealkylation sites (tertiary alicyclic amines) is 1. The van der Waals surface area contributed by atoms with Crippen molar-refractivity contribution >= 4 is 5.91 Å². The lowest BCUT2D eigenvalue weighted by atomic mass is 9.99. The van der Waals surface area contributed by atoms with E-state index in [0.29, 0.717) is 18.2 Å². The highest BCUT2D eigenvalue weighted by Gasteiger charge is 2.20. The first kappa shape index (κ1) is 13.1. The summed E-state index contributed by atoms with van der Waals surface area (Å²) in [4.78, 5) is 14.2. The molecule has 1 aliphatic rings. The third-order valence-electron chi connectivity index (χ3n) is 3.76. The molecule has 0 unspecified atom stereocenters. The van der Waals surface area contributed by atoms with Crippen LogP contribution in [-0.2, 0) is 11.2 Å². The van der Waals surface area contributed by atoms with Crippen molar-refractivity contribution in [3.8, 4) is 0 Å². The average molecular weight is 245 g/mol. The summed E-state index contributed by atoms with van der Waals surface area (Å²) in [6.07, 6.45) is 3.94. The number of amides is 1. The number of piperidine rings is 1. The number of carbonyl (C=O) groups excluding carboxylic acids is 1. The Balaban J connectivity index is 1.82. The van der Waals surface area contributed by atoms with Crippen LogP contribution in [-0.4, -0.2) is 23.9 Å². The zero-order valence-corrected chi connectivity index (χ0v) is 11.5. The van der Waals surface area contributed by atoms with Crippen LogP contribution in [0.5, 0.6) is 0 Å². The maximum atomic E-state index is 12.1. The van der Waals surface area contributed by atoms with Crippen LogP contribution in [0.4, 0.5) is 0 Å². The Hall–Kier alpha value is -1.31. The molecule has 98 valence electrons. The van der Waals surface area contributed by atoms with Crippen molar-refractivity contribution in [1.82, 2.24) is 4.90 Å². The topological polar surface area (TPSA) is 20.3 Å². The second kappa shape index (κ2) is 6.03. The Morgan fingerprint density at radius 1 is 1.33 bits per heavy atom. The quantitative estimate of drug-likeness (QED) is 0.801. The van der Waals surface area contributed by atoms with Gasteiger partial charge in [0.15, 0.2) is 0 Å². The monoisotopic (exact) mass is 245 g/mol. The number of aryl methyl sites for hydroxylation is 2. The SMILES string of the molecule is Cc1ccc(CCC(=O)N2CCC[C@H](C)C2)cc1. The molecule has 2 heteroatoms. The summed E-state index contributed by atoms with van der Waals surface area (Å²) in [7, 11) is 0. The van der Waals surface area contributed by atoms with Gasteiger partial charge in [-0.15, -0.1) is 0 Å². The van der Waals surface area contributed by atoms with E-state index >= 15 is 0 Å². The summed E-state index contributed by atoms with van der Waals surface area (Å²) in [6.45, 7) is 6.23. The standard InChI is InChI=1S/C16H23NO/c1-13-5-7-15(8-6-13)9-10-16(18)17-11-3-4-14(2)12-17/h5-8,14H,3-4,9-12H2,1-2H3/t14-/m0/s1. The van der Waals surface area contributed by atoms with Crippen LogP contribution in [0.25, 0.3) is 0 Å². The lowest BCUT2D eigenvalue weighted by Crippen LogP contribution is -2.39. The van der Waals surface area contributed by atoms with E-state index < -0.39 is 0 Å². The van der Waals surface area contributed by atoms with Crippen LogP contribution in [0, 0.1) is 12.8 Å². The van der Waals surface area contributed by atoms with Crippen molar-refractivity contribution in [2.75, 3.05) is 13.1 Å². The van der Waals surface area contributed by atoms with Crippen molar-refractivity contribution in [3.63, 3.8) is 0 Å². The maximum Gasteiger partial charge on any atom is 0.222 e. The normalized spacial score (nSPS) is 19.9. The Kier molecular flexibility index (Phi) is 4.40. The van der Waals surface area contributed by atoms with Gasteiger partial charge in [-0.05, 0) is 37.7 Å². The van der Waals surface area contributed by atoms with Crippen LogP contribution < -0.4 is 0 Å². The first-order valence-electron chi connectivity index (χ1n) is 6.98. The highest BCUT2D eigenvalue weighted by Crippen LogP contribution is 2.17.